The Labute approximate surface area is 247 Å². The average Bonchev–Trinajstić information content (AvgIpc) is 3.51. The van der Waals surface area contributed by atoms with E-state index >= 15 is 0 Å². The largest absolute Gasteiger partial charge is 0.442 e. The van der Waals surface area contributed by atoms with Crippen LogP contribution in [0.15, 0.2) is 42.5 Å². The molecule has 0 saturated carbocycles. The van der Waals surface area contributed by atoms with Gasteiger partial charge in [0.15, 0.2) is 0 Å². The molecule has 11 heteroatoms. The summed E-state index contributed by atoms with van der Waals surface area (Å²) < 4.78 is 5.95. The highest BCUT2D eigenvalue weighted by Crippen LogP contribution is 2.36. The van der Waals surface area contributed by atoms with Crippen molar-refractivity contribution in [3.63, 3.8) is 0 Å². The molecule has 4 N–H and O–H groups in total. The van der Waals surface area contributed by atoms with Crippen LogP contribution in [-0.2, 0) is 14.3 Å². The molecule has 2 aromatic carbocycles. The summed E-state index contributed by atoms with van der Waals surface area (Å²) in [4.78, 5) is 56.6. The van der Waals surface area contributed by atoms with Crippen LogP contribution in [0.5, 0.6) is 0 Å². The summed E-state index contributed by atoms with van der Waals surface area (Å²) in [7, 11) is 1.68. The first-order valence-electron chi connectivity index (χ1n) is 14.6. The molecule has 4 rings (SSSR count). The molecule has 5 amide bonds. The fraction of sp³-hybridized carbons (Fsp3) is 0.548. The molecule has 11 nitrogen and oxygen atoms in total. The van der Waals surface area contributed by atoms with Crippen molar-refractivity contribution < 1.29 is 23.9 Å². The third-order valence-electron chi connectivity index (χ3n) is 8.01. The molecule has 42 heavy (non-hydrogen) atoms. The van der Waals surface area contributed by atoms with Crippen LogP contribution in [0.25, 0.3) is 10.8 Å². The van der Waals surface area contributed by atoms with Crippen molar-refractivity contribution in [3.05, 3.63) is 42.5 Å². The molecule has 0 aliphatic carbocycles. The summed E-state index contributed by atoms with van der Waals surface area (Å²) in [5.41, 5.74) is -0.00810. The minimum Gasteiger partial charge on any atom is -0.442 e. The van der Waals surface area contributed by atoms with Crippen LogP contribution in [-0.4, -0.2) is 90.2 Å². The van der Waals surface area contributed by atoms with Gasteiger partial charge in [0.05, 0.1) is 24.7 Å². The second kappa shape index (κ2) is 12.6. The van der Waals surface area contributed by atoms with Crippen molar-refractivity contribution >= 4 is 40.4 Å². The third-order valence-corrected chi connectivity index (χ3v) is 8.01. The van der Waals surface area contributed by atoms with Crippen molar-refractivity contribution in [2.45, 2.75) is 84.3 Å². The first-order valence-corrected chi connectivity index (χ1v) is 14.6. The number of nitrogens with one attached hydrogen (secondary N) is 4. The molecule has 2 aromatic rings. The number of hydrogen-bond acceptors (Lipinski definition) is 6. The summed E-state index contributed by atoms with van der Waals surface area (Å²) in [5.74, 6) is -0.547. The lowest BCUT2D eigenvalue weighted by molar-refractivity contribution is -0.141. The van der Waals surface area contributed by atoms with Crippen molar-refractivity contribution in [2.24, 2.45) is 5.41 Å². The molecular formula is C31H44N6O5. The van der Waals surface area contributed by atoms with E-state index in [0.29, 0.717) is 18.7 Å². The topological polar surface area (TPSA) is 132 Å². The number of amides is 5. The van der Waals surface area contributed by atoms with Gasteiger partial charge in [-0.25, -0.2) is 9.59 Å². The Balaban J connectivity index is 1.57. The van der Waals surface area contributed by atoms with Gasteiger partial charge in [-0.15, -0.1) is 0 Å². The van der Waals surface area contributed by atoms with E-state index < -0.39 is 35.7 Å². The molecular weight excluding hydrogens is 536 g/mol. The van der Waals surface area contributed by atoms with E-state index in [4.69, 9.17) is 4.74 Å². The number of hydrogen-bond donors (Lipinski definition) is 4. The van der Waals surface area contributed by atoms with Gasteiger partial charge in [0.2, 0.25) is 11.8 Å². The predicted molar refractivity (Wildman–Crippen MR) is 162 cm³/mol. The van der Waals surface area contributed by atoms with Gasteiger partial charge >= 0.3 is 12.1 Å². The van der Waals surface area contributed by atoms with E-state index in [1.165, 1.54) is 0 Å². The molecule has 228 valence electrons. The second-order valence-electron chi connectivity index (χ2n) is 12.6. The fourth-order valence-corrected chi connectivity index (χ4v) is 5.72. The Morgan fingerprint density at radius 1 is 0.952 bits per heavy atom. The first-order chi connectivity index (χ1) is 19.8. The van der Waals surface area contributed by atoms with Gasteiger partial charge in [-0.3, -0.25) is 14.9 Å². The summed E-state index contributed by atoms with van der Waals surface area (Å²) in [6.07, 6.45) is -0.887. The van der Waals surface area contributed by atoms with E-state index in [9.17, 15) is 19.2 Å². The maximum atomic E-state index is 14.1. The zero-order valence-electron chi connectivity index (χ0n) is 25.6. The maximum absolute atomic E-state index is 14.1. The van der Waals surface area contributed by atoms with Crippen molar-refractivity contribution in [3.8, 4) is 0 Å². The molecule has 0 unspecified atom stereocenters. The normalized spacial score (nSPS) is 21.6. The Hall–Kier alpha value is -3.86. The lowest BCUT2D eigenvalue weighted by Gasteiger charge is -2.37. The summed E-state index contributed by atoms with van der Waals surface area (Å²) in [6.45, 7) is 11.7. The van der Waals surface area contributed by atoms with E-state index in [1.807, 2.05) is 71.0 Å². The van der Waals surface area contributed by atoms with E-state index in [0.717, 1.165) is 10.8 Å². The Bertz CT molecular complexity index is 1320. The van der Waals surface area contributed by atoms with E-state index in [2.05, 4.69) is 21.3 Å². The molecule has 0 spiro atoms. The number of ether oxygens (including phenoxy) is 1. The number of likely N-dealkylation sites (N-methyl/N-ethyl adjacent to an activating group) is 1. The summed E-state index contributed by atoms with van der Waals surface area (Å²) in [6, 6.07) is 10.9. The molecule has 0 bridgehead atoms. The fourth-order valence-electron chi connectivity index (χ4n) is 5.72. The van der Waals surface area contributed by atoms with Crippen LogP contribution in [0, 0.1) is 5.41 Å². The van der Waals surface area contributed by atoms with Crippen LogP contribution in [0.3, 0.4) is 0 Å². The Morgan fingerprint density at radius 3 is 2.29 bits per heavy atom. The molecule has 5 atom stereocenters. The number of rotatable bonds is 7. The van der Waals surface area contributed by atoms with Gasteiger partial charge in [-0.05, 0) is 62.6 Å². The van der Waals surface area contributed by atoms with E-state index in [1.54, 1.807) is 29.8 Å². The Kier molecular flexibility index (Phi) is 9.30. The zero-order valence-corrected chi connectivity index (χ0v) is 25.6. The molecule has 2 fully saturated rings. The number of fused-ring (bicyclic) bond motifs is 2. The standard InChI is InChI=1S/C31H44N6O5/c1-18(2)33-29(40)37-17-24(42-30(41)34-22-13-12-20-10-8-9-11-21(20)16-22)25-23(37)14-15-36(25)28(39)26(31(4,5)6)35-27(38)19(3)32-7/h8-13,16,18-19,23-26,32H,14-15,17H2,1-7H3,(H,33,40)(H,34,41)(H,35,38)/t19-,23+,24-,25-,26+/m0/s1. The third kappa shape index (κ3) is 6.78. The van der Waals surface area contributed by atoms with Gasteiger partial charge in [0.1, 0.15) is 12.1 Å². The molecule has 2 saturated heterocycles. The summed E-state index contributed by atoms with van der Waals surface area (Å²) >= 11 is 0. The number of anilines is 1. The SMILES string of the molecule is CN[C@@H](C)C(=O)N[C@H](C(=O)N1CC[C@@H]2[C@H]1[C@@H](OC(=O)Nc1ccc3ccccc3c1)CN2C(=O)NC(C)C)C(C)(C)C. The number of urea groups is 1. The average molecular weight is 581 g/mol. The lowest BCUT2D eigenvalue weighted by atomic mass is 9.85. The minimum atomic E-state index is -0.815. The smallest absolute Gasteiger partial charge is 0.412 e. The predicted octanol–water partition coefficient (Wildman–Crippen LogP) is 3.30. The maximum Gasteiger partial charge on any atom is 0.412 e. The zero-order chi connectivity index (χ0) is 30.8. The first kappa shape index (κ1) is 31.1. The van der Waals surface area contributed by atoms with Gasteiger partial charge in [-0.1, -0.05) is 51.1 Å². The second-order valence-corrected chi connectivity index (χ2v) is 12.6. The van der Waals surface area contributed by atoms with Crippen LogP contribution in [0.2, 0.25) is 0 Å². The van der Waals surface area contributed by atoms with Crippen LogP contribution in [0.1, 0.15) is 48.0 Å². The van der Waals surface area contributed by atoms with Gasteiger partial charge in [-0.2, -0.15) is 0 Å². The van der Waals surface area contributed by atoms with Gasteiger partial charge in [0, 0.05) is 18.3 Å². The van der Waals surface area contributed by atoms with Crippen molar-refractivity contribution in [1.29, 1.82) is 0 Å². The van der Waals surface area contributed by atoms with Crippen LogP contribution in [0.4, 0.5) is 15.3 Å². The lowest BCUT2D eigenvalue weighted by Crippen LogP contribution is -2.59. The molecule has 2 aliphatic rings. The molecule has 2 heterocycles. The number of benzene rings is 2. The van der Waals surface area contributed by atoms with Gasteiger partial charge in [0.25, 0.3) is 0 Å². The molecule has 0 radical (unpaired) electrons. The highest BCUT2D eigenvalue weighted by molar-refractivity contribution is 5.92. The molecule has 0 aromatic heterocycles. The highest BCUT2D eigenvalue weighted by Gasteiger charge is 2.55. The van der Waals surface area contributed by atoms with E-state index in [-0.39, 0.29) is 36.5 Å². The van der Waals surface area contributed by atoms with Crippen molar-refractivity contribution in [2.75, 3.05) is 25.5 Å². The highest BCUT2D eigenvalue weighted by atomic mass is 16.6. The number of likely N-dealkylation sites (tertiary alicyclic amines) is 2. The number of nitrogens with zero attached hydrogens (tertiary/aromatic N) is 2. The van der Waals surface area contributed by atoms with Crippen LogP contribution < -0.4 is 21.3 Å². The van der Waals surface area contributed by atoms with Crippen LogP contribution >= 0.6 is 0 Å². The quantitative estimate of drug-likeness (QED) is 0.398. The van der Waals surface area contributed by atoms with Crippen molar-refractivity contribution in [1.82, 2.24) is 25.8 Å². The number of carbonyl (C=O) groups is 4. The number of carbonyl (C=O) groups excluding carboxylic acids is 4. The monoisotopic (exact) mass is 580 g/mol. The van der Waals surface area contributed by atoms with Gasteiger partial charge < -0.3 is 30.5 Å². The minimum absolute atomic E-state index is 0.0825. The summed E-state index contributed by atoms with van der Waals surface area (Å²) in [5, 5.41) is 13.6. The Morgan fingerprint density at radius 2 is 1.64 bits per heavy atom. The molecule has 2 aliphatic heterocycles.